The molecule has 9 nitrogen and oxygen atoms in total. The number of amides is 2. The summed E-state index contributed by atoms with van der Waals surface area (Å²) in [6, 6.07) is 1.59. The summed E-state index contributed by atoms with van der Waals surface area (Å²) >= 11 is 3.12. The van der Waals surface area contributed by atoms with Crippen LogP contribution in [0.2, 0.25) is 0 Å². The molecular formula is C21H21BrF4N4O5. The Morgan fingerprint density at radius 1 is 1.11 bits per heavy atom. The van der Waals surface area contributed by atoms with E-state index < -0.39 is 46.4 Å². The minimum Gasteiger partial charge on any atom is -0.350 e. The number of likely N-dealkylation sites (tertiary alicyclic amines) is 1. The van der Waals surface area contributed by atoms with Crippen LogP contribution in [-0.4, -0.2) is 52.2 Å². The van der Waals surface area contributed by atoms with Crippen molar-refractivity contribution < 1.29 is 31.8 Å². The molecule has 3 heterocycles. The molecule has 0 unspecified atom stereocenters. The number of urea groups is 1. The van der Waals surface area contributed by atoms with E-state index in [1.165, 1.54) is 4.90 Å². The van der Waals surface area contributed by atoms with Crippen molar-refractivity contribution in [3.05, 3.63) is 55.0 Å². The van der Waals surface area contributed by atoms with Crippen LogP contribution in [0.3, 0.4) is 0 Å². The first-order valence-electron chi connectivity index (χ1n) is 10.7. The van der Waals surface area contributed by atoms with Crippen LogP contribution < -0.4 is 16.6 Å². The molecule has 2 fully saturated rings. The van der Waals surface area contributed by atoms with Gasteiger partial charge in [0.1, 0.15) is 11.5 Å². The second kappa shape index (κ2) is 9.39. The van der Waals surface area contributed by atoms with Gasteiger partial charge in [-0.25, -0.2) is 18.5 Å². The van der Waals surface area contributed by atoms with Gasteiger partial charge in [-0.3, -0.25) is 9.36 Å². The van der Waals surface area contributed by atoms with Crippen LogP contribution in [0.1, 0.15) is 25.0 Å². The van der Waals surface area contributed by atoms with Crippen LogP contribution in [0.25, 0.3) is 5.69 Å². The molecule has 2 amide bonds. The third kappa shape index (κ3) is 5.00. The second-order valence-corrected chi connectivity index (χ2v) is 9.06. The maximum absolute atomic E-state index is 14.7. The lowest BCUT2D eigenvalue weighted by atomic mass is 10.0. The molecule has 0 atom stereocenters. The minimum absolute atomic E-state index is 0.0192. The Kier molecular flexibility index (Phi) is 6.81. The molecule has 1 aromatic heterocycles. The van der Waals surface area contributed by atoms with E-state index >= 15 is 0 Å². The zero-order valence-corrected chi connectivity index (χ0v) is 20.0. The van der Waals surface area contributed by atoms with Crippen molar-refractivity contribution in [2.24, 2.45) is 7.05 Å². The van der Waals surface area contributed by atoms with Crippen LogP contribution in [0.15, 0.2) is 32.3 Å². The molecule has 2 saturated heterocycles. The third-order valence-corrected chi connectivity index (χ3v) is 6.62. The number of nitrogens with zero attached hydrogens (tertiary/aromatic N) is 3. The van der Waals surface area contributed by atoms with Crippen molar-refractivity contribution >= 4 is 27.6 Å². The number of nitrogens with one attached hydrogen (secondary N) is 1. The molecule has 190 valence electrons. The summed E-state index contributed by atoms with van der Waals surface area (Å²) in [6.45, 7) is 1.83. The van der Waals surface area contributed by atoms with Crippen LogP contribution in [0, 0.1) is 5.82 Å². The maximum atomic E-state index is 14.7. The highest BCUT2D eigenvalue weighted by Crippen LogP contribution is 2.32. The van der Waals surface area contributed by atoms with Crippen molar-refractivity contribution in [1.29, 1.82) is 0 Å². The molecular weight excluding hydrogens is 544 g/mol. The van der Waals surface area contributed by atoms with Crippen LogP contribution in [-0.2, 0) is 22.7 Å². The highest BCUT2D eigenvalue weighted by molar-refractivity contribution is 9.10. The molecule has 2 aliphatic rings. The molecule has 0 radical (unpaired) electrons. The summed E-state index contributed by atoms with van der Waals surface area (Å²) in [7, 11) is 0.823. The molecule has 0 aliphatic carbocycles. The predicted molar refractivity (Wildman–Crippen MR) is 119 cm³/mol. The van der Waals surface area contributed by atoms with Crippen LogP contribution in [0.5, 0.6) is 0 Å². The number of carbonyl (C=O) groups is 1. The smallest absolute Gasteiger partial charge is 0.350 e. The number of halogens is 5. The van der Waals surface area contributed by atoms with Gasteiger partial charge in [0.25, 0.3) is 5.56 Å². The van der Waals surface area contributed by atoms with E-state index in [0.29, 0.717) is 39.1 Å². The number of rotatable bonds is 2. The number of hydrogen-bond donors (Lipinski definition) is 1. The number of benzene rings is 1. The fourth-order valence-electron chi connectivity index (χ4n) is 4.07. The molecule has 35 heavy (non-hydrogen) atoms. The van der Waals surface area contributed by atoms with Gasteiger partial charge in [0.15, 0.2) is 5.79 Å². The van der Waals surface area contributed by atoms with E-state index in [4.69, 9.17) is 9.47 Å². The Balaban J connectivity index is 1.60. The Morgan fingerprint density at radius 3 is 2.34 bits per heavy atom. The van der Waals surface area contributed by atoms with Gasteiger partial charge in [0.05, 0.1) is 24.6 Å². The lowest BCUT2D eigenvalue weighted by molar-refractivity contribution is -0.281. The van der Waals surface area contributed by atoms with Crippen LogP contribution in [0.4, 0.5) is 28.0 Å². The first kappa shape index (κ1) is 25.4. The molecule has 4 rings (SSSR count). The van der Waals surface area contributed by atoms with E-state index in [1.54, 1.807) is 0 Å². The fraction of sp³-hybridized carbons (Fsp3) is 0.476. The van der Waals surface area contributed by atoms with Gasteiger partial charge < -0.3 is 19.7 Å². The first-order chi connectivity index (χ1) is 16.4. The number of anilines is 1. The number of aromatic nitrogens is 2. The van der Waals surface area contributed by atoms with Gasteiger partial charge in [0, 0.05) is 43.5 Å². The Bertz CT molecular complexity index is 1260. The SMILES string of the molecule is Cn1c(C(F)(F)F)cc(=O)n(-c2cc(NC(=O)N3CCC4(CC3)OCCCO4)c(Br)cc2F)c1=O. The fourth-order valence-corrected chi connectivity index (χ4v) is 4.49. The van der Waals surface area contributed by atoms with Crippen molar-refractivity contribution in [1.82, 2.24) is 14.0 Å². The lowest BCUT2D eigenvalue weighted by Crippen LogP contribution is -2.52. The maximum Gasteiger partial charge on any atom is 0.431 e. The summed E-state index contributed by atoms with van der Waals surface area (Å²) in [4.78, 5) is 39.3. The van der Waals surface area contributed by atoms with Crippen molar-refractivity contribution in [2.45, 2.75) is 31.2 Å². The molecule has 2 aliphatic heterocycles. The van der Waals surface area contributed by atoms with Gasteiger partial charge in [-0.1, -0.05) is 0 Å². The molecule has 1 N–H and O–H groups in total. The molecule has 1 aromatic carbocycles. The minimum atomic E-state index is -4.95. The summed E-state index contributed by atoms with van der Waals surface area (Å²) in [5.74, 6) is -1.76. The van der Waals surface area contributed by atoms with Gasteiger partial charge in [-0.15, -0.1) is 0 Å². The zero-order valence-electron chi connectivity index (χ0n) is 18.5. The molecule has 14 heteroatoms. The Morgan fingerprint density at radius 2 is 1.74 bits per heavy atom. The molecule has 1 spiro atoms. The van der Waals surface area contributed by atoms with Crippen molar-refractivity contribution in [2.75, 3.05) is 31.6 Å². The second-order valence-electron chi connectivity index (χ2n) is 8.20. The topological polar surface area (TPSA) is 94.8 Å². The van der Waals surface area contributed by atoms with Gasteiger partial charge >= 0.3 is 17.9 Å². The normalized spacial score (nSPS) is 18.1. The number of hydrogen-bond acceptors (Lipinski definition) is 5. The summed E-state index contributed by atoms with van der Waals surface area (Å²) in [5, 5.41) is 2.59. The van der Waals surface area contributed by atoms with E-state index in [0.717, 1.165) is 25.6 Å². The highest BCUT2D eigenvalue weighted by Gasteiger charge is 2.39. The van der Waals surface area contributed by atoms with Crippen molar-refractivity contribution in [3.63, 3.8) is 0 Å². The Labute approximate surface area is 204 Å². The number of carbonyl (C=O) groups excluding carboxylic acids is 1. The largest absolute Gasteiger partial charge is 0.431 e. The summed E-state index contributed by atoms with van der Waals surface area (Å²) in [5.41, 5.74) is -4.82. The Hall–Kier alpha value is -2.71. The summed E-state index contributed by atoms with van der Waals surface area (Å²) in [6.07, 6.45) is -3.22. The average Bonchev–Trinajstić information content (AvgIpc) is 2.79. The molecule has 2 aromatic rings. The predicted octanol–water partition coefficient (Wildman–Crippen LogP) is 3.22. The summed E-state index contributed by atoms with van der Waals surface area (Å²) < 4.78 is 66.2. The third-order valence-electron chi connectivity index (χ3n) is 5.96. The highest BCUT2D eigenvalue weighted by atomic mass is 79.9. The van der Waals surface area contributed by atoms with E-state index in [9.17, 15) is 31.9 Å². The van der Waals surface area contributed by atoms with E-state index in [-0.39, 0.29) is 25.4 Å². The van der Waals surface area contributed by atoms with E-state index in [1.807, 2.05) is 0 Å². The lowest BCUT2D eigenvalue weighted by Gasteiger charge is -2.43. The standard InChI is InChI=1S/C21H21BrF4N4O5/c1-28-16(21(24,25)26)11-17(31)30(19(28)33)15-10-14(12(22)9-13(15)23)27-18(32)29-5-3-20(4-6-29)34-7-2-8-35-20/h9-11H,2-8H2,1H3,(H,27,32). The zero-order chi connectivity index (χ0) is 25.5. The average molecular weight is 565 g/mol. The van der Waals surface area contributed by atoms with Gasteiger partial charge in [0.2, 0.25) is 0 Å². The van der Waals surface area contributed by atoms with E-state index in [2.05, 4.69) is 21.2 Å². The molecule has 0 saturated carbocycles. The quantitative estimate of drug-likeness (QED) is 0.565. The number of alkyl halides is 3. The number of ether oxygens (including phenoxy) is 2. The van der Waals surface area contributed by atoms with Gasteiger partial charge in [-0.2, -0.15) is 13.2 Å². The molecule has 0 bridgehead atoms. The first-order valence-corrected chi connectivity index (χ1v) is 11.4. The number of piperidine rings is 1. The monoisotopic (exact) mass is 564 g/mol. The van der Waals surface area contributed by atoms with Gasteiger partial charge in [-0.05, 0) is 34.5 Å². The van der Waals surface area contributed by atoms with Crippen molar-refractivity contribution in [3.8, 4) is 5.69 Å². The van der Waals surface area contributed by atoms with Crippen LogP contribution >= 0.6 is 15.9 Å².